The quantitative estimate of drug-likeness (QED) is 0.433. The molecular weight excluding hydrogens is 224 g/mol. The highest BCUT2D eigenvalue weighted by Gasteiger charge is 2.18. The molecule has 0 radical (unpaired) electrons. The molecule has 7 nitrogen and oxygen atoms in total. The maximum absolute atomic E-state index is 11.8. The minimum atomic E-state index is -0.558. The Morgan fingerprint density at radius 1 is 1.59 bits per heavy atom. The van der Waals surface area contributed by atoms with Crippen LogP contribution < -0.4 is 5.32 Å². The van der Waals surface area contributed by atoms with E-state index in [0.717, 1.165) is 13.0 Å². The second-order valence-electron chi connectivity index (χ2n) is 3.70. The lowest BCUT2D eigenvalue weighted by molar-refractivity contribution is -0.389. The van der Waals surface area contributed by atoms with E-state index in [1.807, 2.05) is 7.05 Å². The summed E-state index contributed by atoms with van der Waals surface area (Å²) in [5, 5.41) is 13.4. The van der Waals surface area contributed by atoms with Gasteiger partial charge in [0, 0.05) is 19.7 Å². The van der Waals surface area contributed by atoms with Crippen molar-refractivity contribution in [2.24, 2.45) is 0 Å². The molecule has 0 unspecified atom stereocenters. The number of aromatic amines is 1. The molecule has 1 aromatic heterocycles. The van der Waals surface area contributed by atoms with Crippen LogP contribution in [0.2, 0.25) is 0 Å². The number of nitrogens with zero attached hydrogens (tertiary/aromatic N) is 2. The highest BCUT2D eigenvalue weighted by atomic mass is 16.6. The third kappa shape index (κ3) is 3.56. The number of rotatable bonds is 6. The van der Waals surface area contributed by atoms with E-state index in [-0.39, 0.29) is 17.4 Å². The summed E-state index contributed by atoms with van der Waals surface area (Å²) in [5.74, 6) is -0.411. The molecule has 17 heavy (non-hydrogen) atoms. The van der Waals surface area contributed by atoms with Gasteiger partial charge in [-0.15, -0.1) is 0 Å². The Hall–Kier alpha value is -1.89. The summed E-state index contributed by atoms with van der Waals surface area (Å²) in [5.41, 5.74) is 0.239. The molecule has 0 saturated carbocycles. The first kappa shape index (κ1) is 13.2. The molecule has 0 aliphatic heterocycles. The van der Waals surface area contributed by atoms with E-state index in [4.69, 9.17) is 0 Å². The van der Waals surface area contributed by atoms with Gasteiger partial charge in [0.2, 0.25) is 0 Å². The van der Waals surface area contributed by atoms with Gasteiger partial charge >= 0.3 is 5.82 Å². The Bertz CT molecular complexity index is 402. The van der Waals surface area contributed by atoms with Crippen LogP contribution in [-0.2, 0) is 0 Å². The van der Waals surface area contributed by atoms with Crippen molar-refractivity contribution in [3.05, 3.63) is 27.9 Å². The standard InChI is InChI=1S/C10H16N4O3/c1-11-6-3-7-13(2)10(15)8-4-5-9(12-8)14(16)17/h4-5,11-12H,3,6-7H2,1-2H3. The highest BCUT2D eigenvalue weighted by Crippen LogP contribution is 2.11. The van der Waals surface area contributed by atoms with Gasteiger partial charge in [0.25, 0.3) is 5.91 Å². The fourth-order valence-electron chi connectivity index (χ4n) is 1.42. The van der Waals surface area contributed by atoms with Crippen molar-refractivity contribution in [3.63, 3.8) is 0 Å². The predicted molar refractivity (Wildman–Crippen MR) is 63.0 cm³/mol. The topological polar surface area (TPSA) is 91.3 Å². The molecule has 94 valence electrons. The monoisotopic (exact) mass is 240 g/mol. The second kappa shape index (κ2) is 6.00. The number of hydrogen-bond acceptors (Lipinski definition) is 4. The van der Waals surface area contributed by atoms with Crippen molar-refractivity contribution in [3.8, 4) is 0 Å². The number of H-pyrrole nitrogens is 1. The highest BCUT2D eigenvalue weighted by molar-refractivity contribution is 5.92. The van der Waals surface area contributed by atoms with Crippen molar-refractivity contribution < 1.29 is 9.72 Å². The van der Waals surface area contributed by atoms with Gasteiger partial charge < -0.3 is 20.3 Å². The zero-order valence-corrected chi connectivity index (χ0v) is 9.90. The lowest BCUT2D eigenvalue weighted by atomic mass is 10.3. The summed E-state index contributed by atoms with van der Waals surface area (Å²) >= 11 is 0. The Morgan fingerprint density at radius 2 is 2.29 bits per heavy atom. The normalized spacial score (nSPS) is 10.2. The van der Waals surface area contributed by atoms with Gasteiger partial charge in [-0.3, -0.25) is 4.79 Å². The van der Waals surface area contributed by atoms with E-state index in [2.05, 4.69) is 10.3 Å². The molecule has 1 rings (SSSR count). The number of carbonyl (C=O) groups is 1. The summed E-state index contributed by atoms with van der Waals surface area (Å²) in [7, 11) is 3.51. The van der Waals surface area contributed by atoms with E-state index in [9.17, 15) is 14.9 Å². The van der Waals surface area contributed by atoms with Gasteiger partial charge in [-0.1, -0.05) is 0 Å². The number of nitrogens with one attached hydrogen (secondary N) is 2. The van der Waals surface area contributed by atoms with Crippen LogP contribution in [0.4, 0.5) is 5.82 Å². The average Bonchev–Trinajstić information content (AvgIpc) is 2.77. The van der Waals surface area contributed by atoms with E-state index in [1.165, 1.54) is 17.0 Å². The fraction of sp³-hybridized carbons (Fsp3) is 0.500. The van der Waals surface area contributed by atoms with Gasteiger partial charge in [0.1, 0.15) is 0 Å². The van der Waals surface area contributed by atoms with Crippen molar-refractivity contribution in [2.75, 3.05) is 27.2 Å². The summed E-state index contributed by atoms with van der Waals surface area (Å²) < 4.78 is 0. The molecule has 0 atom stereocenters. The maximum Gasteiger partial charge on any atom is 0.321 e. The lowest BCUT2D eigenvalue weighted by Gasteiger charge is -2.14. The Kier molecular flexibility index (Phi) is 4.65. The number of amides is 1. The number of aromatic nitrogens is 1. The van der Waals surface area contributed by atoms with Crippen LogP contribution in [0.5, 0.6) is 0 Å². The third-order valence-corrected chi connectivity index (χ3v) is 2.36. The number of carbonyl (C=O) groups excluding carboxylic acids is 1. The van der Waals surface area contributed by atoms with Crippen molar-refractivity contribution in [1.82, 2.24) is 15.2 Å². The SMILES string of the molecule is CNCCCN(C)C(=O)c1ccc([N+](=O)[O-])[nH]1. The molecule has 1 amide bonds. The molecule has 0 bridgehead atoms. The maximum atomic E-state index is 11.8. The molecule has 1 heterocycles. The Balaban J connectivity index is 2.58. The first-order valence-corrected chi connectivity index (χ1v) is 5.29. The van der Waals surface area contributed by atoms with Crippen LogP contribution in [0.1, 0.15) is 16.9 Å². The fourth-order valence-corrected chi connectivity index (χ4v) is 1.42. The van der Waals surface area contributed by atoms with Gasteiger partial charge in [-0.25, -0.2) is 4.98 Å². The van der Waals surface area contributed by atoms with Gasteiger partial charge in [-0.2, -0.15) is 0 Å². The van der Waals surface area contributed by atoms with Gasteiger partial charge in [-0.05, 0) is 31.0 Å². The van der Waals surface area contributed by atoms with Crippen molar-refractivity contribution in [1.29, 1.82) is 0 Å². The van der Waals surface area contributed by atoms with Crippen LogP contribution in [-0.4, -0.2) is 47.9 Å². The van der Waals surface area contributed by atoms with Crippen LogP contribution >= 0.6 is 0 Å². The minimum Gasteiger partial charge on any atom is -0.358 e. The number of hydrogen-bond donors (Lipinski definition) is 2. The molecule has 0 fully saturated rings. The first-order valence-electron chi connectivity index (χ1n) is 5.29. The lowest BCUT2D eigenvalue weighted by Crippen LogP contribution is -2.29. The molecular formula is C10H16N4O3. The smallest absolute Gasteiger partial charge is 0.321 e. The molecule has 0 saturated heterocycles. The molecule has 1 aromatic rings. The zero-order valence-electron chi connectivity index (χ0n) is 9.90. The summed E-state index contributed by atoms with van der Waals surface area (Å²) in [4.78, 5) is 25.7. The summed E-state index contributed by atoms with van der Waals surface area (Å²) in [6.07, 6.45) is 0.835. The molecule has 0 aliphatic carbocycles. The van der Waals surface area contributed by atoms with Crippen LogP contribution in [0.3, 0.4) is 0 Å². The summed E-state index contributed by atoms with van der Waals surface area (Å²) in [6.45, 7) is 1.43. The number of nitro groups is 1. The molecule has 0 aromatic carbocycles. The first-order chi connectivity index (χ1) is 8.06. The van der Waals surface area contributed by atoms with Crippen LogP contribution in [0, 0.1) is 10.1 Å². The largest absolute Gasteiger partial charge is 0.358 e. The average molecular weight is 240 g/mol. The Morgan fingerprint density at radius 3 is 2.82 bits per heavy atom. The molecule has 7 heteroatoms. The molecule has 2 N–H and O–H groups in total. The van der Waals surface area contributed by atoms with Gasteiger partial charge in [0.05, 0.1) is 0 Å². The Labute approximate surface area is 99.0 Å². The summed E-state index contributed by atoms with van der Waals surface area (Å²) in [6, 6.07) is 2.71. The van der Waals surface area contributed by atoms with Crippen LogP contribution in [0.15, 0.2) is 12.1 Å². The predicted octanol–water partition coefficient (Wildman–Crippen LogP) is 0.604. The molecule has 0 spiro atoms. The second-order valence-corrected chi connectivity index (χ2v) is 3.70. The van der Waals surface area contributed by atoms with E-state index < -0.39 is 4.92 Å². The van der Waals surface area contributed by atoms with Crippen LogP contribution in [0.25, 0.3) is 0 Å². The minimum absolute atomic E-state index is 0.169. The van der Waals surface area contributed by atoms with Gasteiger partial charge in [0.15, 0.2) is 5.69 Å². The zero-order chi connectivity index (χ0) is 12.8. The van der Waals surface area contributed by atoms with E-state index in [1.54, 1.807) is 7.05 Å². The van der Waals surface area contributed by atoms with Crippen molar-refractivity contribution >= 4 is 11.7 Å². The third-order valence-electron chi connectivity index (χ3n) is 2.36. The van der Waals surface area contributed by atoms with E-state index >= 15 is 0 Å². The van der Waals surface area contributed by atoms with Crippen molar-refractivity contribution in [2.45, 2.75) is 6.42 Å². The van der Waals surface area contributed by atoms with E-state index in [0.29, 0.717) is 6.54 Å². The molecule has 0 aliphatic rings.